The number of methoxy groups -OCH3 is 1. The molecule has 0 aliphatic carbocycles. The van der Waals surface area contributed by atoms with Crippen LogP contribution in [0.5, 0.6) is 5.75 Å². The van der Waals surface area contributed by atoms with Crippen molar-refractivity contribution >= 4 is 5.97 Å². The van der Waals surface area contributed by atoms with Gasteiger partial charge in [0.1, 0.15) is 5.60 Å². The minimum atomic E-state index is -2.36. The highest BCUT2D eigenvalue weighted by Crippen LogP contribution is 2.40. The van der Waals surface area contributed by atoms with Gasteiger partial charge in [0.05, 0.1) is 58.4 Å². The molecular weight excluding hydrogens is 627 g/mol. The lowest BCUT2D eigenvalue weighted by Crippen LogP contribution is -2.34. The van der Waals surface area contributed by atoms with Gasteiger partial charge in [-0.3, -0.25) is 0 Å². The fourth-order valence-electron chi connectivity index (χ4n) is 4.70. The third-order valence-corrected chi connectivity index (χ3v) is 6.97. The third kappa shape index (κ3) is 8.79. The van der Waals surface area contributed by atoms with Crippen molar-refractivity contribution in [3.63, 3.8) is 0 Å². The van der Waals surface area contributed by atoms with Crippen LogP contribution in [0.2, 0.25) is 0 Å². The number of esters is 1. The molecule has 0 aromatic heterocycles. The summed E-state index contributed by atoms with van der Waals surface area (Å²) in [5.74, 6) is -14.4. The summed E-state index contributed by atoms with van der Waals surface area (Å²) >= 11 is 0. The predicted octanol–water partition coefficient (Wildman–Crippen LogP) is 6.61. The Kier molecular flexibility index (Phi) is 13.4. The molecule has 0 saturated heterocycles. The molecule has 0 fully saturated rings. The van der Waals surface area contributed by atoms with Gasteiger partial charge in [0.25, 0.3) is 0 Å². The number of benzene rings is 4. The summed E-state index contributed by atoms with van der Waals surface area (Å²) in [6.07, 6.45) is 0. The SMILES string of the molecule is COCCOCCOCCOCCOC(c1ccccc1)(c1ccccc1)c1ccc(C(=O)Oc2c(F)c(F)c(F)c(F)c2F)cc1. The van der Waals surface area contributed by atoms with Gasteiger partial charge in [0.15, 0.2) is 0 Å². The second kappa shape index (κ2) is 17.6. The van der Waals surface area contributed by atoms with E-state index in [2.05, 4.69) is 4.74 Å². The maximum absolute atomic E-state index is 14.1. The average molecular weight is 661 g/mol. The van der Waals surface area contributed by atoms with E-state index in [-0.39, 0.29) is 18.8 Å². The highest BCUT2D eigenvalue weighted by Gasteiger charge is 2.38. The van der Waals surface area contributed by atoms with Crippen molar-refractivity contribution in [3.8, 4) is 5.75 Å². The van der Waals surface area contributed by atoms with Crippen LogP contribution in [0.15, 0.2) is 84.9 Å². The molecule has 0 radical (unpaired) electrons. The molecule has 0 aliphatic rings. The van der Waals surface area contributed by atoms with E-state index in [4.69, 9.17) is 23.7 Å². The fraction of sp³-hybridized carbons (Fsp3) is 0.286. The van der Waals surface area contributed by atoms with Crippen molar-refractivity contribution in [1.29, 1.82) is 0 Å². The van der Waals surface area contributed by atoms with Crippen molar-refractivity contribution in [3.05, 3.63) is 136 Å². The molecule has 4 aromatic rings. The molecule has 0 aliphatic heterocycles. The molecule has 47 heavy (non-hydrogen) atoms. The summed E-state index contributed by atoms with van der Waals surface area (Å²) in [6, 6.07) is 24.3. The first-order chi connectivity index (χ1) is 22.8. The van der Waals surface area contributed by atoms with E-state index in [0.717, 1.165) is 11.1 Å². The third-order valence-electron chi connectivity index (χ3n) is 6.97. The topological polar surface area (TPSA) is 72.5 Å². The van der Waals surface area contributed by atoms with Crippen molar-refractivity contribution < 1.29 is 55.2 Å². The molecule has 0 N–H and O–H groups in total. The number of carbonyl (C=O) groups excluding carboxylic acids is 1. The van der Waals surface area contributed by atoms with Crippen molar-refractivity contribution in [2.75, 3.05) is 60.0 Å². The normalized spacial score (nSPS) is 11.5. The van der Waals surface area contributed by atoms with Crippen LogP contribution in [-0.4, -0.2) is 65.9 Å². The standard InChI is InChI=1S/C35H33F5O7/c1-42-16-17-43-18-19-44-20-21-45-22-23-46-35(25-8-4-2-5-9-25,26-10-6-3-7-11-26)27-14-12-24(13-15-27)34(41)47-33-31(39)29(37)28(36)30(38)32(33)40/h2-15H,16-23H2,1H3. The first-order valence-corrected chi connectivity index (χ1v) is 14.6. The van der Waals surface area contributed by atoms with E-state index >= 15 is 0 Å². The van der Waals surface area contributed by atoms with Crippen molar-refractivity contribution in [2.45, 2.75) is 5.60 Å². The molecule has 12 heteroatoms. The van der Waals surface area contributed by atoms with Gasteiger partial charge < -0.3 is 28.4 Å². The monoisotopic (exact) mass is 660 g/mol. The zero-order valence-corrected chi connectivity index (χ0v) is 25.5. The van der Waals surface area contributed by atoms with Gasteiger partial charge in [-0.15, -0.1) is 0 Å². The van der Waals surface area contributed by atoms with E-state index in [9.17, 15) is 26.7 Å². The number of hydrogen-bond donors (Lipinski definition) is 0. The number of hydrogen-bond acceptors (Lipinski definition) is 7. The Bertz CT molecular complexity index is 1500. The molecule has 0 amide bonds. The second-order valence-electron chi connectivity index (χ2n) is 9.96. The fourth-order valence-corrected chi connectivity index (χ4v) is 4.70. The van der Waals surface area contributed by atoms with Crippen LogP contribution in [0.25, 0.3) is 0 Å². The van der Waals surface area contributed by atoms with Crippen LogP contribution in [0.1, 0.15) is 27.0 Å². The van der Waals surface area contributed by atoms with E-state index in [1.54, 1.807) is 19.2 Å². The Balaban J connectivity index is 1.52. The molecule has 0 heterocycles. The summed E-state index contributed by atoms with van der Waals surface area (Å²) < 4.78 is 102. The molecule has 0 atom stereocenters. The maximum atomic E-state index is 14.1. The summed E-state index contributed by atoms with van der Waals surface area (Å²) in [5, 5.41) is 0. The number of rotatable bonds is 18. The molecular formula is C35H33F5O7. The van der Waals surface area contributed by atoms with E-state index in [1.165, 1.54) is 12.1 Å². The molecule has 0 saturated carbocycles. The van der Waals surface area contributed by atoms with Crippen LogP contribution in [-0.2, 0) is 29.3 Å². The van der Waals surface area contributed by atoms with Gasteiger partial charge in [0, 0.05) is 7.11 Å². The smallest absolute Gasteiger partial charge is 0.343 e. The Morgan fingerprint density at radius 2 is 0.936 bits per heavy atom. The molecule has 250 valence electrons. The van der Waals surface area contributed by atoms with E-state index < -0.39 is 46.4 Å². The predicted molar refractivity (Wildman–Crippen MR) is 161 cm³/mol. The molecule has 4 aromatic carbocycles. The van der Waals surface area contributed by atoms with Crippen molar-refractivity contribution in [2.24, 2.45) is 0 Å². The Morgan fingerprint density at radius 3 is 1.40 bits per heavy atom. The molecule has 0 unspecified atom stereocenters. The van der Waals surface area contributed by atoms with Crippen molar-refractivity contribution in [1.82, 2.24) is 0 Å². The zero-order valence-electron chi connectivity index (χ0n) is 25.5. The van der Waals surface area contributed by atoms with Crippen LogP contribution in [0.3, 0.4) is 0 Å². The van der Waals surface area contributed by atoms with E-state index in [1.807, 2.05) is 60.7 Å². The van der Waals surface area contributed by atoms with Gasteiger partial charge in [0.2, 0.25) is 34.8 Å². The van der Waals surface area contributed by atoms with Gasteiger partial charge in [-0.2, -0.15) is 8.78 Å². The lowest BCUT2D eigenvalue weighted by molar-refractivity contribution is -0.0378. The first-order valence-electron chi connectivity index (χ1n) is 14.6. The quantitative estimate of drug-likeness (QED) is 0.0226. The maximum Gasteiger partial charge on any atom is 0.343 e. The van der Waals surface area contributed by atoms with Gasteiger partial charge >= 0.3 is 5.97 Å². The molecule has 0 bridgehead atoms. The van der Waals surface area contributed by atoms with E-state index in [0.29, 0.717) is 45.2 Å². The van der Waals surface area contributed by atoms with Crippen LogP contribution >= 0.6 is 0 Å². The Morgan fingerprint density at radius 1 is 0.532 bits per heavy atom. The van der Waals surface area contributed by atoms with Gasteiger partial charge in [-0.25, -0.2) is 18.0 Å². The minimum Gasteiger partial charge on any atom is -0.416 e. The summed E-state index contributed by atoms with van der Waals surface area (Å²) in [5.41, 5.74) is 0.658. The van der Waals surface area contributed by atoms with Crippen LogP contribution < -0.4 is 4.74 Å². The zero-order chi connectivity index (χ0) is 33.6. The lowest BCUT2D eigenvalue weighted by atomic mass is 9.80. The summed E-state index contributed by atoms with van der Waals surface area (Å²) in [7, 11) is 1.60. The van der Waals surface area contributed by atoms with Crippen LogP contribution in [0, 0.1) is 29.1 Å². The van der Waals surface area contributed by atoms with Gasteiger partial charge in [-0.05, 0) is 28.8 Å². The minimum absolute atomic E-state index is 0.147. The highest BCUT2D eigenvalue weighted by molar-refractivity contribution is 5.91. The molecule has 4 rings (SSSR count). The molecule has 0 spiro atoms. The summed E-state index contributed by atoms with van der Waals surface area (Å²) in [4.78, 5) is 12.8. The lowest BCUT2D eigenvalue weighted by Gasteiger charge is -2.36. The number of carbonyl (C=O) groups is 1. The summed E-state index contributed by atoms with van der Waals surface area (Å²) in [6.45, 7) is 2.91. The Labute approximate surface area is 268 Å². The number of halogens is 5. The average Bonchev–Trinajstić information content (AvgIpc) is 3.11. The second-order valence-corrected chi connectivity index (χ2v) is 9.96. The van der Waals surface area contributed by atoms with Crippen LogP contribution in [0.4, 0.5) is 22.0 Å². The highest BCUT2D eigenvalue weighted by atomic mass is 19.2. The molecule has 7 nitrogen and oxygen atoms in total. The Hall–Kier alpha value is -4.20. The van der Waals surface area contributed by atoms with Gasteiger partial charge in [-0.1, -0.05) is 72.8 Å². The number of ether oxygens (including phenoxy) is 6. The largest absolute Gasteiger partial charge is 0.416 e. The first kappa shape index (κ1) is 35.7.